The van der Waals surface area contributed by atoms with Crippen molar-refractivity contribution in [2.24, 2.45) is 0 Å². The van der Waals surface area contributed by atoms with Crippen molar-refractivity contribution in [3.8, 4) is 0 Å². The number of para-hydroxylation sites is 2. The molecule has 0 aliphatic heterocycles. The highest BCUT2D eigenvalue weighted by Crippen LogP contribution is 2.25. The number of fused-ring (bicyclic) bond motifs is 2. The average molecular weight is 300 g/mol. The largest absolute Gasteiger partial charge is 0.388 e. The Hall–Kier alpha value is -2.78. The van der Waals surface area contributed by atoms with E-state index in [9.17, 15) is 5.11 Å². The molecule has 0 aliphatic rings. The molecule has 2 aromatic heterocycles. The summed E-state index contributed by atoms with van der Waals surface area (Å²) in [5.41, 5.74) is 3.63. The molecular weight excluding hydrogens is 284 g/mol. The number of hydrogen-bond acceptors (Lipinski definition) is 3. The minimum Gasteiger partial charge on any atom is -0.388 e. The van der Waals surface area contributed by atoms with Crippen LogP contribution in [0.4, 0.5) is 0 Å². The van der Waals surface area contributed by atoms with Crippen molar-refractivity contribution in [1.82, 2.24) is 9.97 Å². The Bertz CT molecular complexity index is 976. The quantitative estimate of drug-likeness (QED) is 0.620. The summed E-state index contributed by atoms with van der Waals surface area (Å²) in [6, 6.07) is 21.8. The lowest BCUT2D eigenvalue weighted by molar-refractivity contribution is 0.179. The second-order valence-electron chi connectivity index (χ2n) is 5.63. The van der Waals surface area contributed by atoms with Gasteiger partial charge >= 0.3 is 0 Å². The van der Waals surface area contributed by atoms with Gasteiger partial charge in [-0.15, -0.1) is 0 Å². The van der Waals surface area contributed by atoms with E-state index in [-0.39, 0.29) is 0 Å². The summed E-state index contributed by atoms with van der Waals surface area (Å²) in [5.74, 6) is 0. The molecule has 1 unspecified atom stereocenters. The van der Waals surface area contributed by atoms with Crippen LogP contribution in [0.1, 0.15) is 17.4 Å². The molecule has 3 nitrogen and oxygen atoms in total. The number of rotatable bonds is 3. The van der Waals surface area contributed by atoms with Crippen molar-refractivity contribution in [3.63, 3.8) is 0 Å². The van der Waals surface area contributed by atoms with E-state index in [1.807, 2.05) is 60.7 Å². The molecule has 0 aliphatic carbocycles. The van der Waals surface area contributed by atoms with E-state index in [2.05, 4.69) is 16.0 Å². The molecule has 112 valence electrons. The topological polar surface area (TPSA) is 46.0 Å². The second-order valence-corrected chi connectivity index (χ2v) is 5.63. The lowest BCUT2D eigenvalue weighted by Gasteiger charge is -2.13. The molecule has 1 atom stereocenters. The minimum atomic E-state index is -0.600. The van der Waals surface area contributed by atoms with Crippen LogP contribution in [0.15, 0.2) is 72.9 Å². The van der Waals surface area contributed by atoms with E-state index in [4.69, 9.17) is 0 Å². The van der Waals surface area contributed by atoms with Crippen LogP contribution in [0.3, 0.4) is 0 Å². The lowest BCUT2D eigenvalue weighted by Crippen LogP contribution is -2.04. The van der Waals surface area contributed by atoms with Gasteiger partial charge in [-0.1, -0.05) is 42.5 Å². The van der Waals surface area contributed by atoms with Crippen LogP contribution >= 0.6 is 0 Å². The Kier molecular flexibility index (Phi) is 3.48. The van der Waals surface area contributed by atoms with E-state index in [0.29, 0.717) is 6.42 Å². The number of pyridine rings is 2. The molecule has 0 saturated heterocycles. The van der Waals surface area contributed by atoms with E-state index in [1.54, 1.807) is 6.20 Å². The molecule has 4 aromatic rings. The molecule has 2 heterocycles. The lowest BCUT2D eigenvalue weighted by atomic mass is 10.0. The molecule has 0 bridgehead atoms. The van der Waals surface area contributed by atoms with Gasteiger partial charge in [-0.2, -0.15) is 0 Å². The van der Waals surface area contributed by atoms with Gasteiger partial charge < -0.3 is 5.11 Å². The van der Waals surface area contributed by atoms with Crippen molar-refractivity contribution in [2.75, 3.05) is 0 Å². The Balaban J connectivity index is 1.69. The third kappa shape index (κ3) is 2.67. The van der Waals surface area contributed by atoms with Crippen LogP contribution in [-0.4, -0.2) is 15.1 Å². The summed E-state index contributed by atoms with van der Waals surface area (Å²) in [4.78, 5) is 8.99. The summed E-state index contributed by atoms with van der Waals surface area (Å²) in [7, 11) is 0. The van der Waals surface area contributed by atoms with E-state index < -0.39 is 6.10 Å². The predicted octanol–water partition coefficient (Wildman–Crippen LogP) is 4.06. The second kappa shape index (κ2) is 5.78. The average Bonchev–Trinajstić information content (AvgIpc) is 2.61. The van der Waals surface area contributed by atoms with Gasteiger partial charge in [0.1, 0.15) is 0 Å². The highest BCUT2D eigenvalue weighted by molar-refractivity contribution is 5.82. The van der Waals surface area contributed by atoms with Gasteiger partial charge in [-0.25, -0.2) is 0 Å². The molecule has 1 N–H and O–H groups in total. The summed E-state index contributed by atoms with van der Waals surface area (Å²) >= 11 is 0. The van der Waals surface area contributed by atoms with Crippen molar-refractivity contribution < 1.29 is 5.11 Å². The van der Waals surface area contributed by atoms with E-state index >= 15 is 0 Å². The predicted molar refractivity (Wildman–Crippen MR) is 92.1 cm³/mol. The Labute approximate surface area is 134 Å². The molecule has 0 spiro atoms. The highest BCUT2D eigenvalue weighted by atomic mass is 16.3. The van der Waals surface area contributed by atoms with Gasteiger partial charge in [0.25, 0.3) is 0 Å². The summed E-state index contributed by atoms with van der Waals surface area (Å²) in [5, 5.41) is 12.8. The fourth-order valence-corrected chi connectivity index (χ4v) is 2.94. The van der Waals surface area contributed by atoms with E-state index in [0.717, 1.165) is 33.1 Å². The number of aliphatic hydroxyl groups is 1. The number of nitrogens with zero attached hydrogens (tertiary/aromatic N) is 2. The van der Waals surface area contributed by atoms with Crippen molar-refractivity contribution in [2.45, 2.75) is 12.5 Å². The smallest absolute Gasteiger partial charge is 0.0852 e. The number of aromatic nitrogens is 2. The molecule has 0 fully saturated rings. The molecule has 0 radical (unpaired) electrons. The van der Waals surface area contributed by atoms with Gasteiger partial charge in [0.05, 0.1) is 17.1 Å². The maximum Gasteiger partial charge on any atom is 0.0852 e. The monoisotopic (exact) mass is 300 g/mol. The standard InChI is InChI=1S/C20H16N2O/c23-20(17-11-12-21-19-8-4-2-6-16(17)19)13-15-10-9-14-5-1-3-7-18(14)22-15/h1-12,20,23H,13H2. The van der Waals surface area contributed by atoms with Crippen LogP contribution in [0, 0.1) is 0 Å². The van der Waals surface area contributed by atoms with Crippen LogP contribution in [-0.2, 0) is 6.42 Å². The fourth-order valence-electron chi connectivity index (χ4n) is 2.94. The van der Waals surface area contributed by atoms with Crippen molar-refractivity contribution in [3.05, 3.63) is 84.2 Å². The maximum atomic E-state index is 10.7. The van der Waals surface area contributed by atoms with Gasteiger partial charge in [-0.05, 0) is 29.8 Å². The van der Waals surface area contributed by atoms with E-state index in [1.165, 1.54) is 0 Å². The summed E-state index contributed by atoms with van der Waals surface area (Å²) < 4.78 is 0. The SMILES string of the molecule is OC(Cc1ccc2ccccc2n1)c1ccnc2ccccc12. The third-order valence-electron chi connectivity index (χ3n) is 4.10. The Morgan fingerprint density at radius 2 is 1.61 bits per heavy atom. The summed E-state index contributed by atoms with van der Waals surface area (Å²) in [6.45, 7) is 0. The van der Waals surface area contributed by atoms with Crippen LogP contribution < -0.4 is 0 Å². The van der Waals surface area contributed by atoms with Gasteiger partial charge in [0, 0.05) is 29.1 Å². The first-order chi connectivity index (χ1) is 11.3. The zero-order chi connectivity index (χ0) is 15.6. The zero-order valence-electron chi connectivity index (χ0n) is 12.6. The van der Waals surface area contributed by atoms with Crippen LogP contribution in [0.5, 0.6) is 0 Å². The number of benzene rings is 2. The Morgan fingerprint density at radius 3 is 2.52 bits per heavy atom. The van der Waals surface area contributed by atoms with Crippen LogP contribution in [0.2, 0.25) is 0 Å². The highest BCUT2D eigenvalue weighted by Gasteiger charge is 2.13. The zero-order valence-corrected chi connectivity index (χ0v) is 12.6. The first-order valence-corrected chi connectivity index (χ1v) is 7.68. The summed E-state index contributed by atoms with van der Waals surface area (Å²) in [6.07, 6.45) is 1.63. The molecular formula is C20H16N2O. The fraction of sp³-hybridized carbons (Fsp3) is 0.100. The van der Waals surface area contributed by atoms with Gasteiger partial charge in [-0.3, -0.25) is 9.97 Å². The molecule has 0 amide bonds. The first-order valence-electron chi connectivity index (χ1n) is 7.68. The normalized spacial score (nSPS) is 12.6. The first kappa shape index (κ1) is 13.9. The van der Waals surface area contributed by atoms with Crippen molar-refractivity contribution >= 4 is 21.8 Å². The number of hydrogen-bond donors (Lipinski definition) is 1. The molecule has 23 heavy (non-hydrogen) atoms. The van der Waals surface area contributed by atoms with Crippen LogP contribution in [0.25, 0.3) is 21.8 Å². The molecule has 2 aromatic carbocycles. The molecule has 0 saturated carbocycles. The molecule has 3 heteroatoms. The maximum absolute atomic E-state index is 10.7. The third-order valence-corrected chi connectivity index (χ3v) is 4.10. The Morgan fingerprint density at radius 1 is 0.826 bits per heavy atom. The van der Waals surface area contributed by atoms with Gasteiger partial charge in [0.2, 0.25) is 0 Å². The minimum absolute atomic E-state index is 0.485. The van der Waals surface area contributed by atoms with Gasteiger partial charge in [0.15, 0.2) is 0 Å². The van der Waals surface area contributed by atoms with Crippen molar-refractivity contribution in [1.29, 1.82) is 0 Å². The number of aliphatic hydroxyl groups excluding tert-OH is 1. The molecule has 4 rings (SSSR count).